The number of benzene rings is 2. The molecule has 3 aliphatic rings. The predicted octanol–water partition coefficient (Wildman–Crippen LogP) is 2.52. The van der Waals surface area contributed by atoms with Gasteiger partial charge in [-0.1, -0.05) is 37.3 Å². The minimum Gasteiger partial charge on any atom is -0.508 e. The maximum atomic E-state index is 16.2. The van der Waals surface area contributed by atoms with Crippen molar-refractivity contribution in [1.29, 1.82) is 0 Å². The summed E-state index contributed by atoms with van der Waals surface area (Å²) in [7, 11) is 3.05. The van der Waals surface area contributed by atoms with Crippen molar-refractivity contribution in [2.24, 2.45) is 17.6 Å². The van der Waals surface area contributed by atoms with E-state index in [1.165, 1.54) is 25.1 Å². The van der Waals surface area contributed by atoms with Crippen LogP contribution in [0.1, 0.15) is 42.0 Å². The van der Waals surface area contributed by atoms with Crippen LogP contribution >= 0.6 is 0 Å². The molecule has 0 heterocycles. The molecule has 4 atom stereocenters. The third-order valence-electron chi connectivity index (χ3n) is 8.91. The Morgan fingerprint density at radius 2 is 1.79 bits per heavy atom. The van der Waals surface area contributed by atoms with Gasteiger partial charge < -0.3 is 26.2 Å². The van der Waals surface area contributed by atoms with Crippen molar-refractivity contribution in [3.63, 3.8) is 0 Å². The maximum Gasteiger partial charge on any atom is 0.255 e. The highest BCUT2D eigenvalue weighted by Crippen LogP contribution is 2.53. The first-order valence-electron chi connectivity index (χ1n) is 14.3. The Morgan fingerprint density at radius 1 is 1.12 bits per heavy atom. The number of nitrogens with zero attached hydrogens (tertiary/aromatic N) is 2. The number of nitrogens with two attached hydrogens (primary N) is 1. The number of fused-ring (bicyclic) bond motifs is 3. The van der Waals surface area contributed by atoms with Crippen LogP contribution in [0.15, 0.2) is 53.3 Å². The third kappa shape index (κ3) is 4.81. The topological polar surface area (TPSA) is 165 Å². The Kier molecular flexibility index (Phi) is 7.93. The number of aromatic hydroxyl groups is 1. The van der Waals surface area contributed by atoms with E-state index in [0.29, 0.717) is 13.1 Å². The van der Waals surface area contributed by atoms with Gasteiger partial charge in [-0.25, -0.2) is 4.39 Å². The zero-order valence-electron chi connectivity index (χ0n) is 24.3. The van der Waals surface area contributed by atoms with Gasteiger partial charge in [-0.2, -0.15) is 0 Å². The number of halogens is 1. The predicted molar refractivity (Wildman–Crippen MR) is 155 cm³/mol. The van der Waals surface area contributed by atoms with Crippen LogP contribution in [0.4, 0.5) is 4.39 Å². The van der Waals surface area contributed by atoms with Gasteiger partial charge in [-0.05, 0) is 57.5 Å². The number of carbonyl (C=O) groups is 3. The molecule has 6 N–H and O–H groups in total. The molecular weight excluding hydrogens is 557 g/mol. The van der Waals surface area contributed by atoms with Gasteiger partial charge in [0.1, 0.15) is 28.7 Å². The van der Waals surface area contributed by atoms with Crippen LogP contribution in [0.2, 0.25) is 0 Å². The number of aliphatic hydroxyl groups excluding tert-OH is 2. The zero-order valence-corrected chi connectivity index (χ0v) is 24.3. The summed E-state index contributed by atoms with van der Waals surface area (Å²) in [6.45, 7) is 3.43. The lowest BCUT2D eigenvalue weighted by molar-refractivity contribution is -0.153. The lowest BCUT2D eigenvalue weighted by Crippen LogP contribution is -2.65. The smallest absolute Gasteiger partial charge is 0.255 e. The highest BCUT2D eigenvalue weighted by molar-refractivity contribution is 6.24. The molecule has 1 amide bonds. The second-order valence-corrected chi connectivity index (χ2v) is 11.9. The van der Waals surface area contributed by atoms with Crippen LogP contribution in [-0.2, 0) is 33.9 Å². The fourth-order valence-electron chi connectivity index (χ4n) is 7.07. The van der Waals surface area contributed by atoms with Gasteiger partial charge in [-0.3, -0.25) is 24.2 Å². The third-order valence-corrected chi connectivity index (χ3v) is 8.91. The Labute approximate surface area is 248 Å². The van der Waals surface area contributed by atoms with E-state index in [1.54, 1.807) is 0 Å². The number of likely N-dealkylation sites (N-methyl/N-ethyl adjacent to an activating group) is 1. The summed E-state index contributed by atoms with van der Waals surface area (Å²) in [5.41, 5.74) is 2.45. The van der Waals surface area contributed by atoms with E-state index < -0.39 is 69.6 Å². The molecule has 0 bridgehead atoms. The van der Waals surface area contributed by atoms with E-state index in [0.717, 1.165) is 12.0 Å². The monoisotopic (exact) mass is 593 g/mol. The first-order chi connectivity index (χ1) is 20.3. The minimum absolute atomic E-state index is 0.0248. The van der Waals surface area contributed by atoms with Crippen molar-refractivity contribution in [2.45, 2.75) is 50.9 Å². The van der Waals surface area contributed by atoms with Crippen molar-refractivity contribution in [2.75, 3.05) is 20.6 Å². The van der Waals surface area contributed by atoms with E-state index in [2.05, 4.69) is 4.90 Å². The van der Waals surface area contributed by atoms with Crippen molar-refractivity contribution < 1.29 is 39.2 Å². The standard InChI is InChI=1S/C32H36FN3O7/c1-4-10-36(14-16-8-6-5-7-9-16)15-18-13-21(37)23-19(25(18)33)11-17-12-20-26(35(2)3)28(39)24(31(34)42)30(41)32(20,43)29(40)22(17)27(23)38/h5-9,13,17,20,26,37-38,41,43H,4,10-12,14-15H2,1-3H3,(H2,34,42)/t17-,20-,26-,32-/m0/s1. The van der Waals surface area contributed by atoms with Crippen LogP contribution < -0.4 is 5.73 Å². The SMILES string of the molecule is CCCN(Cc1ccccc1)Cc1cc(O)c2c(c1F)C[C@H]1C[C@H]3[C@H](N(C)C)C(=O)C(C(N)=O)=C(O)[C@@]3(O)C(=O)C1=C2O. The van der Waals surface area contributed by atoms with Gasteiger partial charge in [0.25, 0.3) is 5.91 Å². The molecule has 3 aliphatic carbocycles. The van der Waals surface area contributed by atoms with E-state index in [1.807, 2.05) is 37.3 Å². The van der Waals surface area contributed by atoms with E-state index in [4.69, 9.17) is 5.73 Å². The fourth-order valence-corrected chi connectivity index (χ4v) is 7.07. The van der Waals surface area contributed by atoms with Crippen LogP contribution in [0.25, 0.3) is 5.76 Å². The summed E-state index contributed by atoms with van der Waals surface area (Å²) in [5.74, 6) is -8.28. The molecule has 0 aromatic heterocycles. The number of Topliss-reactive ketones (excluding diaryl/α,β-unsaturated/α-hetero) is 2. The summed E-state index contributed by atoms with van der Waals surface area (Å²) >= 11 is 0. The molecule has 0 spiro atoms. The average molecular weight is 594 g/mol. The fraction of sp³-hybridized carbons (Fsp3) is 0.406. The molecule has 1 saturated carbocycles. The summed E-state index contributed by atoms with van der Waals surface area (Å²) in [5, 5.41) is 45.0. The molecule has 43 heavy (non-hydrogen) atoms. The highest BCUT2D eigenvalue weighted by atomic mass is 19.1. The normalized spacial score (nSPS) is 25.2. The van der Waals surface area contributed by atoms with Gasteiger partial charge in [0.15, 0.2) is 11.4 Å². The number of primary amides is 1. The van der Waals surface area contributed by atoms with Crippen molar-refractivity contribution >= 4 is 23.2 Å². The summed E-state index contributed by atoms with van der Waals surface area (Å²) in [4.78, 5) is 42.7. The number of hydrogen-bond donors (Lipinski definition) is 5. The molecule has 0 radical (unpaired) electrons. The first kappa shape index (κ1) is 30.4. The molecule has 2 aromatic rings. The number of ketones is 2. The summed E-state index contributed by atoms with van der Waals surface area (Å²) in [6, 6.07) is 9.74. The molecule has 1 fully saturated rings. The summed E-state index contributed by atoms with van der Waals surface area (Å²) < 4.78 is 16.2. The minimum atomic E-state index is -2.74. The van der Waals surface area contributed by atoms with E-state index in [-0.39, 0.29) is 41.6 Å². The maximum absolute atomic E-state index is 16.2. The number of aliphatic hydroxyl groups is 3. The van der Waals surface area contributed by atoms with Crippen molar-refractivity contribution in [3.8, 4) is 5.75 Å². The van der Waals surface area contributed by atoms with E-state index >= 15 is 4.39 Å². The number of amides is 1. The molecular formula is C32H36FN3O7. The Hall–Kier alpha value is -4.06. The first-order valence-corrected chi connectivity index (χ1v) is 14.3. The van der Waals surface area contributed by atoms with Gasteiger partial charge >= 0.3 is 0 Å². The molecule has 11 heteroatoms. The van der Waals surface area contributed by atoms with Crippen molar-refractivity contribution in [3.05, 3.63) is 81.4 Å². The Balaban J connectivity index is 1.59. The average Bonchev–Trinajstić information content (AvgIpc) is 2.93. The number of phenolic OH excluding ortho intramolecular Hbond substituents is 1. The second-order valence-electron chi connectivity index (χ2n) is 11.9. The number of rotatable bonds is 8. The molecule has 228 valence electrons. The van der Waals surface area contributed by atoms with Crippen LogP contribution in [-0.4, -0.2) is 80.0 Å². The van der Waals surface area contributed by atoms with Crippen LogP contribution in [0.3, 0.4) is 0 Å². The largest absolute Gasteiger partial charge is 0.508 e. The molecule has 10 nitrogen and oxygen atoms in total. The van der Waals surface area contributed by atoms with Gasteiger partial charge in [0.05, 0.1) is 11.6 Å². The number of phenols is 1. The lowest BCUT2D eigenvalue weighted by Gasteiger charge is -2.50. The van der Waals surface area contributed by atoms with Crippen molar-refractivity contribution in [1.82, 2.24) is 9.80 Å². The number of carbonyl (C=O) groups excluding carboxylic acids is 3. The quantitative estimate of drug-likeness (QED) is 0.289. The van der Waals surface area contributed by atoms with E-state index in [9.17, 15) is 34.8 Å². The van der Waals surface area contributed by atoms with Gasteiger partial charge in [0, 0.05) is 35.7 Å². The molecule has 0 unspecified atom stereocenters. The highest BCUT2D eigenvalue weighted by Gasteiger charge is 2.64. The second kappa shape index (κ2) is 11.2. The summed E-state index contributed by atoms with van der Waals surface area (Å²) in [6.07, 6.45) is 0.609. The molecule has 0 aliphatic heterocycles. The van der Waals surface area contributed by atoms with Gasteiger partial charge in [-0.15, -0.1) is 0 Å². The van der Waals surface area contributed by atoms with Crippen LogP contribution in [0, 0.1) is 17.7 Å². The molecule has 2 aromatic carbocycles. The van der Waals surface area contributed by atoms with Gasteiger partial charge in [0.2, 0.25) is 5.78 Å². The molecule has 5 rings (SSSR count). The molecule has 0 saturated heterocycles. The Morgan fingerprint density at radius 3 is 2.40 bits per heavy atom. The lowest BCUT2D eigenvalue weighted by atomic mass is 9.57. The van der Waals surface area contributed by atoms with Crippen LogP contribution in [0.5, 0.6) is 5.75 Å². The Bertz CT molecular complexity index is 1570. The number of hydrogen-bond acceptors (Lipinski definition) is 9. The zero-order chi connectivity index (χ0) is 31.4.